The highest BCUT2D eigenvalue weighted by molar-refractivity contribution is 4.88. The molecule has 1 aliphatic carbocycles. The van der Waals surface area contributed by atoms with E-state index in [1.165, 1.54) is 12.8 Å². The highest BCUT2D eigenvalue weighted by Crippen LogP contribution is 2.36. The Morgan fingerprint density at radius 1 is 1.10 bits per heavy atom. The molecule has 0 atom stereocenters. The van der Waals surface area contributed by atoms with Crippen LogP contribution in [0.4, 0.5) is 13.2 Å². The number of hydrogen-bond acceptors (Lipinski definition) is 2. The van der Waals surface area contributed by atoms with Crippen molar-refractivity contribution < 1.29 is 13.2 Å². The molecule has 0 aromatic rings. The normalized spacial score (nSPS) is 20.4. The van der Waals surface area contributed by atoms with Gasteiger partial charge in [0.05, 0.1) is 6.54 Å². The second kappa shape index (κ2) is 7.64. The number of halogens is 3. The summed E-state index contributed by atoms with van der Waals surface area (Å²) in [6.45, 7) is 4.28. The molecular weight excluding hydrogens is 265 g/mol. The van der Waals surface area contributed by atoms with Gasteiger partial charge in [-0.2, -0.15) is 13.2 Å². The first-order valence-corrected chi connectivity index (χ1v) is 7.73. The van der Waals surface area contributed by atoms with Crippen LogP contribution in [0, 0.1) is 5.41 Å². The van der Waals surface area contributed by atoms with E-state index in [2.05, 4.69) is 5.32 Å². The number of nitrogens with one attached hydrogen (secondary N) is 1. The summed E-state index contributed by atoms with van der Waals surface area (Å²) in [6.07, 6.45) is 2.66. The van der Waals surface area contributed by atoms with Crippen LogP contribution in [0.5, 0.6) is 0 Å². The highest BCUT2D eigenvalue weighted by Gasteiger charge is 2.37. The quantitative estimate of drug-likeness (QED) is 0.749. The van der Waals surface area contributed by atoms with E-state index in [0.717, 1.165) is 32.2 Å². The molecule has 0 heterocycles. The SMILES string of the molecule is CNCC1(CN(CC(F)(F)F)C(C)C)CCCCCC1. The molecule has 1 rings (SSSR count). The average molecular weight is 294 g/mol. The molecular formula is C15H29F3N2. The van der Waals surface area contributed by atoms with Gasteiger partial charge in [0.1, 0.15) is 0 Å². The second-order valence-electron chi connectivity index (χ2n) is 6.56. The van der Waals surface area contributed by atoms with Crippen molar-refractivity contribution in [1.29, 1.82) is 0 Å². The Labute approximate surface area is 121 Å². The third-order valence-corrected chi connectivity index (χ3v) is 4.37. The summed E-state index contributed by atoms with van der Waals surface area (Å²) in [5, 5.41) is 3.21. The van der Waals surface area contributed by atoms with Crippen LogP contribution in [0.1, 0.15) is 52.4 Å². The summed E-state index contributed by atoms with van der Waals surface area (Å²) in [5.74, 6) is 0. The van der Waals surface area contributed by atoms with Gasteiger partial charge in [-0.05, 0) is 39.2 Å². The van der Waals surface area contributed by atoms with E-state index in [0.29, 0.717) is 6.54 Å². The molecule has 1 N–H and O–H groups in total. The van der Waals surface area contributed by atoms with E-state index < -0.39 is 12.7 Å². The molecule has 0 bridgehead atoms. The lowest BCUT2D eigenvalue weighted by Gasteiger charge is -2.40. The molecule has 20 heavy (non-hydrogen) atoms. The van der Waals surface area contributed by atoms with Crippen LogP contribution in [0.15, 0.2) is 0 Å². The third kappa shape index (κ3) is 6.00. The summed E-state index contributed by atoms with van der Waals surface area (Å²) in [6, 6.07) is -0.0754. The van der Waals surface area contributed by atoms with Gasteiger partial charge in [-0.3, -0.25) is 4.90 Å². The smallest absolute Gasteiger partial charge is 0.319 e. The zero-order chi connectivity index (χ0) is 15.2. The van der Waals surface area contributed by atoms with E-state index in [9.17, 15) is 13.2 Å². The average Bonchev–Trinajstić information content (AvgIpc) is 2.53. The van der Waals surface area contributed by atoms with Crippen LogP contribution in [0.3, 0.4) is 0 Å². The Hall–Kier alpha value is -0.290. The lowest BCUT2D eigenvalue weighted by Crippen LogP contribution is -2.48. The maximum Gasteiger partial charge on any atom is 0.401 e. The topological polar surface area (TPSA) is 15.3 Å². The zero-order valence-electron chi connectivity index (χ0n) is 13.0. The highest BCUT2D eigenvalue weighted by atomic mass is 19.4. The molecule has 120 valence electrons. The van der Waals surface area contributed by atoms with E-state index in [1.54, 1.807) is 4.90 Å². The van der Waals surface area contributed by atoms with Crippen LogP contribution in [0.2, 0.25) is 0 Å². The van der Waals surface area contributed by atoms with Crippen molar-refractivity contribution in [2.24, 2.45) is 5.41 Å². The molecule has 0 aromatic carbocycles. The minimum absolute atomic E-state index is 0.000764. The lowest BCUT2D eigenvalue weighted by molar-refractivity contribution is -0.153. The van der Waals surface area contributed by atoms with Crippen molar-refractivity contribution in [3.63, 3.8) is 0 Å². The van der Waals surface area contributed by atoms with Crippen molar-refractivity contribution in [1.82, 2.24) is 10.2 Å². The largest absolute Gasteiger partial charge is 0.401 e. The van der Waals surface area contributed by atoms with Crippen LogP contribution in [-0.2, 0) is 0 Å². The van der Waals surface area contributed by atoms with Gasteiger partial charge in [0.2, 0.25) is 0 Å². The molecule has 2 nitrogen and oxygen atoms in total. The Balaban J connectivity index is 2.78. The van der Waals surface area contributed by atoms with Gasteiger partial charge >= 0.3 is 6.18 Å². The lowest BCUT2D eigenvalue weighted by atomic mass is 9.79. The summed E-state index contributed by atoms with van der Waals surface area (Å²) in [4.78, 5) is 1.60. The Morgan fingerprint density at radius 3 is 2.05 bits per heavy atom. The molecule has 0 unspecified atom stereocenters. The first-order valence-electron chi connectivity index (χ1n) is 7.73. The van der Waals surface area contributed by atoms with Gasteiger partial charge in [-0.25, -0.2) is 0 Å². The van der Waals surface area contributed by atoms with Crippen molar-refractivity contribution in [3.8, 4) is 0 Å². The van der Waals surface area contributed by atoms with Gasteiger partial charge in [-0.1, -0.05) is 25.7 Å². The summed E-state index contributed by atoms with van der Waals surface area (Å²) < 4.78 is 38.3. The first-order chi connectivity index (χ1) is 9.28. The number of nitrogens with zero attached hydrogens (tertiary/aromatic N) is 1. The maximum atomic E-state index is 12.8. The van der Waals surface area contributed by atoms with E-state index in [4.69, 9.17) is 0 Å². The Kier molecular flexibility index (Phi) is 6.79. The minimum atomic E-state index is -4.12. The van der Waals surface area contributed by atoms with E-state index >= 15 is 0 Å². The number of alkyl halides is 3. The fourth-order valence-corrected chi connectivity index (χ4v) is 3.33. The maximum absolute atomic E-state index is 12.8. The number of rotatable bonds is 6. The monoisotopic (exact) mass is 294 g/mol. The van der Waals surface area contributed by atoms with Crippen LogP contribution < -0.4 is 5.32 Å². The van der Waals surface area contributed by atoms with Gasteiger partial charge in [-0.15, -0.1) is 0 Å². The van der Waals surface area contributed by atoms with Crippen LogP contribution in [0.25, 0.3) is 0 Å². The molecule has 5 heteroatoms. The summed E-state index contributed by atoms with van der Waals surface area (Å²) >= 11 is 0. The van der Waals surface area contributed by atoms with Crippen molar-refractivity contribution in [3.05, 3.63) is 0 Å². The van der Waals surface area contributed by atoms with E-state index in [-0.39, 0.29) is 11.5 Å². The Morgan fingerprint density at radius 2 is 1.65 bits per heavy atom. The van der Waals surface area contributed by atoms with Crippen molar-refractivity contribution in [2.75, 3.05) is 26.7 Å². The molecule has 0 saturated heterocycles. The van der Waals surface area contributed by atoms with Gasteiger partial charge in [0.15, 0.2) is 0 Å². The number of hydrogen-bond donors (Lipinski definition) is 1. The first kappa shape index (κ1) is 17.8. The van der Waals surface area contributed by atoms with E-state index in [1.807, 2.05) is 20.9 Å². The van der Waals surface area contributed by atoms with Gasteiger partial charge in [0, 0.05) is 19.1 Å². The van der Waals surface area contributed by atoms with Gasteiger partial charge < -0.3 is 5.32 Å². The summed E-state index contributed by atoms with van der Waals surface area (Å²) in [7, 11) is 1.90. The predicted molar refractivity (Wildman–Crippen MR) is 76.8 cm³/mol. The molecule has 0 aromatic heterocycles. The second-order valence-corrected chi connectivity index (χ2v) is 6.56. The zero-order valence-corrected chi connectivity index (χ0v) is 13.0. The van der Waals surface area contributed by atoms with Crippen LogP contribution >= 0.6 is 0 Å². The van der Waals surface area contributed by atoms with Crippen molar-refractivity contribution in [2.45, 2.75) is 64.6 Å². The van der Waals surface area contributed by atoms with Crippen molar-refractivity contribution >= 4 is 0 Å². The summed E-state index contributed by atoms with van der Waals surface area (Å²) in [5.41, 5.74) is 0.000764. The molecule has 0 radical (unpaired) electrons. The molecule has 1 aliphatic rings. The van der Waals surface area contributed by atoms with Crippen LogP contribution in [-0.4, -0.2) is 43.8 Å². The standard InChI is InChI=1S/C15H29F3N2/c1-13(2)20(12-15(16,17)18)11-14(10-19-3)8-6-4-5-7-9-14/h13,19H,4-12H2,1-3H3. The molecule has 1 fully saturated rings. The fourth-order valence-electron chi connectivity index (χ4n) is 3.33. The van der Waals surface area contributed by atoms with Gasteiger partial charge in [0.25, 0.3) is 0 Å². The third-order valence-electron chi connectivity index (χ3n) is 4.37. The predicted octanol–water partition coefficient (Wildman–Crippen LogP) is 3.82. The Bertz CT molecular complexity index is 269. The molecule has 0 spiro atoms. The molecule has 0 aliphatic heterocycles. The molecule has 0 amide bonds. The fraction of sp³-hybridized carbons (Fsp3) is 1.00. The minimum Gasteiger partial charge on any atom is -0.319 e. The molecule has 1 saturated carbocycles.